The number of hydrogen-bond donors (Lipinski definition) is 2. The van der Waals surface area contributed by atoms with Gasteiger partial charge in [-0.2, -0.15) is 0 Å². The number of carbonyl (C=O) groups is 1. The number of H-pyrrole nitrogens is 1. The number of aliphatic carboxylic acids is 1. The molecule has 4 nitrogen and oxygen atoms in total. The van der Waals surface area contributed by atoms with Gasteiger partial charge in [0.15, 0.2) is 6.04 Å². The van der Waals surface area contributed by atoms with Crippen LogP contribution in [-0.2, 0) is 11.2 Å². The molecule has 1 atom stereocenters. The molecule has 2 N–H and O–H groups in total. The molecule has 0 aliphatic rings. The summed E-state index contributed by atoms with van der Waals surface area (Å²) in [6.45, 7) is 6.00. The number of aromatic amines is 1. The highest BCUT2D eigenvalue weighted by Gasteiger charge is 2.19. The predicted octanol–water partition coefficient (Wildman–Crippen LogP) is 3.28. The van der Waals surface area contributed by atoms with Gasteiger partial charge in [0.1, 0.15) is 0 Å². The molecule has 1 aromatic carbocycles. The van der Waals surface area contributed by atoms with E-state index in [1.165, 1.54) is 0 Å². The first-order valence-electron chi connectivity index (χ1n) is 6.69. The first-order valence-corrected chi connectivity index (χ1v) is 6.69. The highest BCUT2D eigenvalue weighted by Crippen LogP contribution is 2.20. The second-order valence-corrected chi connectivity index (χ2v) is 6.06. The second-order valence-electron chi connectivity index (χ2n) is 6.06. The SMILES string of the molecule is CC(C)(C)C=N[C@H](Cc1c[nH]c2ccccc12)C(=O)O. The van der Waals surface area contributed by atoms with Crippen LogP contribution in [0.2, 0.25) is 0 Å². The van der Waals surface area contributed by atoms with Crippen molar-refractivity contribution in [2.75, 3.05) is 0 Å². The van der Waals surface area contributed by atoms with E-state index >= 15 is 0 Å². The van der Waals surface area contributed by atoms with Gasteiger partial charge >= 0.3 is 5.97 Å². The predicted molar refractivity (Wildman–Crippen MR) is 81.4 cm³/mol. The van der Waals surface area contributed by atoms with Crippen LogP contribution in [0.25, 0.3) is 10.9 Å². The van der Waals surface area contributed by atoms with Crippen molar-refractivity contribution >= 4 is 23.1 Å². The third kappa shape index (κ3) is 3.47. The molecule has 0 spiro atoms. The Morgan fingerprint density at radius 3 is 2.75 bits per heavy atom. The van der Waals surface area contributed by atoms with Gasteiger partial charge in [0.25, 0.3) is 0 Å². The molecular weight excluding hydrogens is 252 g/mol. The lowest BCUT2D eigenvalue weighted by molar-refractivity contribution is -0.138. The van der Waals surface area contributed by atoms with E-state index in [0.717, 1.165) is 16.5 Å². The second kappa shape index (κ2) is 5.49. The molecule has 2 aromatic rings. The summed E-state index contributed by atoms with van der Waals surface area (Å²) in [4.78, 5) is 18.8. The Labute approximate surface area is 118 Å². The van der Waals surface area contributed by atoms with Gasteiger partial charge in [-0.1, -0.05) is 39.0 Å². The van der Waals surface area contributed by atoms with Crippen molar-refractivity contribution < 1.29 is 9.90 Å². The molecule has 0 amide bonds. The Morgan fingerprint density at radius 2 is 2.10 bits per heavy atom. The van der Waals surface area contributed by atoms with Crippen LogP contribution in [0, 0.1) is 5.41 Å². The summed E-state index contributed by atoms with van der Waals surface area (Å²) in [5.41, 5.74) is 1.89. The Balaban J connectivity index is 2.24. The van der Waals surface area contributed by atoms with E-state index in [1.807, 2.05) is 51.2 Å². The van der Waals surface area contributed by atoms with Gasteiger partial charge in [-0.15, -0.1) is 0 Å². The minimum Gasteiger partial charge on any atom is -0.480 e. The Bertz CT molecular complexity index is 635. The van der Waals surface area contributed by atoms with Crippen LogP contribution < -0.4 is 0 Å². The number of aromatic nitrogens is 1. The zero-order valence-corrected chi connectivity index (χ0v) is 12.1. The monoisotopic (exact) mass is 272 g/mol. The average molecular weight is 272 g/mol. The first-order chi connectivity index (χ1) is 9.37. The van der Waals surface area contributed by atoms with E-state index in [-0.39, 0.29) is 5.41 Å². The highest BCUT2D eigenvalue weighted by atomic mass is 16.4. The van der Waals surface area contributed by atoms with Crippen LogP contribution in [0.1, 0.15) is 26.3 Å². The zero-order chi connectivity index (χ0) is 14.8. The lowest BCUT2D eigenvalue weighted by atomic mass is 9.98. The van der Waals surface area contributed by atoms with Gasteiger partial charge in [-0.25, -0.2) is 4.79 Å². The van der Waals surface area contributed by atoms with Gasteiger partial charge in [0.2, 0.25) is 0 Å². The van der Waals surface area contributed by atoms with Crippen LogP contribution in [0.3, 0.4) is 0 Å². The van der Waals surface area contributed by atoms with Crippen molar-refractivity contribution in [3.05, 3.63) is 36.0 Å². The number of aliphatic imine (C=N–C) groups is 1. The van der Waals surface area contributed by atoms with Crippen LogP contribution in [0.15, 0.2) is 35.5 Å². The van der Waals surface area contributed by atoms with Crippen molar-refractivity contribution in [2.24, 2.45) is 10.4 Å². The molecule has 0 aliphatic carbocycles. The maximum absolute atomic E-state index is 11.4. The number of rotatable bonds is 4. The number of carboxylic acids is 1. The van der Waals surface area contributed by atoms with E-state index in [4.69, 9.17) is 0 Å². The number of benzene rings is 1. The third-order valence-corrected chi connectivity index (χ3v) is 3.02. The number of fused-ring (bicyclic) bond motifs is 1. The van der Waals surface area contributed by atoms with Gasteiger partial charge in [0.05, 0.1) is 0 Å². The average Bonchev–Trinajstić information content (AvgIpc) is 2.76. The minimum atomic E-state index is -0.893. The van der Waals surface area contributed by atoms with E-state index in [0.29, 0.717) is 6.42 Å². The lowest BCUT2D eigenvalue weighted by Crippen LogP contribution is -2.22. The van der Waals surface area contributed by atoms with Crippen LogP contribution in [0.4, 0.5) is 0 Å². The highest BCUT2D eigenvalue weighted by molar-refractivity contribution is 5.84. The van der Waals surface area contributed by atoms with Crippen LogP contribution in [-0.4, -0.2) is 28.3 Å². The van der Waals surface area contributed by atoms with E-state index < -0.39 is 12.0 Å². The van der Waals surface area contributed by atoms with Crippen molar-refractivity contribution in [3.8, 4) is 0 Å². The summed E-state index contributed by atoms with van der Waals surface area (Å²) < 4.78 is 0. The number of nitrogens with one attached hydrogen (secondary N) is 1. The Kier molecular flexibility index (Phi) is 3.93. The molecule has 0 unspecified atom stereocenters. The lowest BCUT2D eigenvalue weighted by Gasteiger charge is -2.13. The standard InChI is InChI=1S/C16H20N2O2/c1-16(2,3)10-18-14(15(19)20)8-11-9-17-13-7-5-4-6-12(11)13/h4-7,9-10,14,17H,8H2,1-3H3,(H,19,20)/t14-/m1/s1. The van der Waals surface area contributed by atoms with Crippen molar-refractivity contribution in [3.63, 3.8) is 0 Å². The molecular formula is C16H20N2O2. The summed E-state index contributed by atoms with van der Waals surface area (Å²) in [5, 5.41) is 10.4. The maximum Gasteiger partial charge on any atom is 0.328 e. The molecule has 0 fully saturated rings. The molecule has 0 aliphatic heterocycles. The number of nitrogens with zero attached hydrogens (tertiary/aromatic N) is 1. The molecule has 20 heavy (non-hydrogen) atoms. The van der Waals surface area contributed by atoms with Gasteiger partial charge in [-0.3, -0.25) is 4.99 Å². The van der Waals surface area contributed by atoms with Gasteiger partial charge in [-0.05, 0) is 17.0 Å². The molecule has 106 valence electrons. The Morgan fingerprint density at radius 1 is 1.40 bits per heavy atom. The smallest absolute Gasteiger partial charge is 0.328 e. The molecule has 0 bridgehead atoms. The number of para-hydroxylation sites is 1. The summed E-state index contributed by atoms with van der Waals surface area (Å²) >= 11 is 0. The fourth-order valence-electron chi connectivity index (χ4n) is 2.03. The molecule has 0 saturated heterocycles. The third-order valence-electron chi connectivity index (χ3n) is 3.02. The molecule has 2 rings (SSSR count). The summed E-state index contributed by atoms with van der Waals surface area (Å²) in [5.74, 6) is -0.893. The van der Waals surface area contributed by atoms with Crippen LogP contribution in [0.5, 0.6) is 0 Å². The van der Waals surface area contributed by atoms with Crippen molar-refractivity contribution in [1.82, 2.24) is 4.98 Å². The van der Waals surface area contributed by atoms with Crippen molar-refractivity contribution in [2.45, 2.75) is 33.2 Å². The maximum atomic E-state index is 11.4. The van der Waals surface area contributed by atoms with E-state index in [9.17, 15) is 9.90 Å². The quantitative estimate of drug-likeness (QED) is 0.839. The minimum absolute atomic E-state index is 0.117. The molecule has 4 heteroatoms. The molecule has 0 saturated carbocycles. The van der Waals surface area contributed by atoms with Crippen LogP contribution >= 0.6 is 0 Å². The first kappa shape index (κ1) is 14.3. The number of carboxylic acid groups (broad SMARTS) is 1. The molecule has 1 heterocycles. The molecule has 1 aromatic heterocycles. The van der Waals surface area contributed by atoms with Gasteiger partial charge < -0.3 is 10.1 Å². The molecule has 0 radical (unpaired) electrons. The normalized spacial score (nSPS) is 13.9. The Hall–Kier alpha value is -2.10. The summed E-state index contributed by atoms with van der Waals surface area (Å²) in [6, 6.07) is 7.14. The fourth-order valence-corrected chi connectivity index (χ4v) is 2.03. The van der Waals surface area contributed by atoms with Crippen molar-refractivity contribution in [1.29, 1.82) is 0 Å². The van der Waals surface area contributed by atoms with E-state index in [2.05, 4.69) is 9.98 Å². The van der Waals surface area contributed by atoms with Gasteiger partial charge in [0, 0.05) is 29.7 Å². The fraction of sp³-hybridized carbons (Fsp3) is 0.375. The largest absolute Gasteiger partial charge is 0.480 e. The summed E-state index contributed by atoms with van der Waals surface area (Å²) in [6.07, 6.45) is 3.99. The topological polar surface area (TPSA) is 65.5 Å². The zero-order valence-electron chi connectivity index (χ0n) is 12.1. The summed E-state index contributed by atoms with van der Waals surface area (Å²) in [7, 11) is 0. The van der Waals surface area contributed by atoms with E-state index in [1.54, 1.807) is 6.21 Å². The number of hydrogen-bond acceptors (Lipinski definition) is 2.